The molecule has 2 amide bonds. The molecule has 0 aromatic heterocycles. The molecule has 28 heavy (non-hydrogen) atoms. The number of hydrogen-bond acceptors (Lipinski definition) is 3. The number of carbonyl (C=O) groups excluding carboxylic acids is 2. The first-order chi connectivity index (χ1) is 13.3. The summed E-state index contributed by atoms with van der Waals surface area (Å²) in [5.74, 6) is -0.113. The second-order valence-electron chi connectivity index (χ2n) is 7.01. The lowest BCUT2D eigenvalue weighted by atomic mass is 10.1. The third-order valence-corrected chi connectivity index (χ3v) is 5.75. The Hall–Kier alpha value is -1.89. The standard InChI is InChI=1S/C21H23BrClN3O2/c1-14-4-3-5-15(2)20(14)24-19(27)13-25-8-10-26(11-9-25)21(28)17-12-16(22)6-7-18(17)23/h3-7,12H,8-11,13H2,1-2H3,(H,24,27). The SMILES string of the molecule is Cc1cccc(C)c1NC(=O)CN1CCN(C(=O)c2cc(Br)ccc2Cl)CC1. The molecule has 5 nitrogen and oxygen atoms in total. The smallest absolute Gasteiger partial charge is 0.255 e. The molecule has 1 N–H and O–H groups in total. The fourth-order valence-electron chi connectivity index (χ4n) is 3.33. The molecule has 0 radical (unpaired) electrons. The van der Waals surface area contributed by atoms with Crippen molar-refractivity contribution in [1.82, 2.24) is 9.80 Å². The largest absolute Gasteiger partial charge is 0.336 e. The molecule has 0 atom stereocenters. The van der Waals surface area contributed by atoms with E-state index in [1.165, 1.54) is 0 Å². The normalized spacial score (nSPS) is 14.8. The van der Waals surface area contributed by atoms with E-state index >= 15 is 0 Å². The average Bonchev–Trinajstić information content (AvgIpc) is 2.67. The zero-order chi connectivity index (χ0) is 20.3. The van der Waals surface area contributed by atoms with Crippen molar-refractivity contribution in [3.63, 3.8) is 0 Å². The van der Waals surface area contributed by atoms with Crippen LogP contribution < -0.4 is 5.32 Å². The van der Waals surface area contributed by atoms with Crippen molar-refractivity contribution in [2.45, 2.75) is 13.8 Å². The number of benzene rings is 2. The Kier molecular flexibility index (Phi) is 6.75. The molecule has 0 bridgehead atoms. The molecule has 2 aromatic carbocycles. The maximum atomic E-state index is 12.7. The molecular weight excluding hydrogens is 442 g/mol. The quantitative estimate of drug-likeness (QED) is 0.741. The molecule has 148 valence electrons. The van der Waals surface area contributed by atoms with Gasteiger partial charge in [0.15, 0.2) is 0 Å². The molecule has 1 aliphatic rings. The molecule has 0 spiro atoms. The van der Waals surface area contributed by atoms with Gasteiger partial charge in [0.25, 0.3) is 5.91 Å². The van der Waals surface area contributed by atoms with Gasteiger partial charge in [-0.25, -0.2) is 0 Å². The number of para-hydroxylation sites is 1. The van der Waals surface area contributed by atoms with Crippen LogP contribution in [0, 0.1) is 13.8 Å². The van der Waals surface area contributed by atoms with Crippen molar-refractivity contribution in [3.05, 3.63) is 62.6 Å². The summed E-state index contributed by atoms with van der Waals surface area (Å²) >= 11 is 9.56. The van der Waals surface area contributed by atoms with Gasteiger partial charge in [-0.3, -0.25) is 14.5 Å². The summed E-state index contributed by atoms with van der Waals surface area (Å²) in [6, 6.07) is 11.2. The molecule has 7 heteroatoms. The number of amides is 2. The number of piperazine rings is 1. The van der Waals surface area contributed by atoms with Gasteiger partial charge >= 0.3 is 0 Å². The van der Waals surface area contributed by atoms with Crippen LogP contribution in [0.4, 0.5) is 5.69 Å². The molecule has 1 fully saturated rings. The van der Waals surface area contributed by atoms with E-state index in [4.69, 9.17) is 11.6 Å². The van der Waals surface area contributed by atoms with Gasteiger partial charge in [0.05, 0.1) is 17.1 Å². The molecule has 3 rings (SSSR count). The van der Waals surface area contributed by atoms with Gasteiger partial charge in [-0.2, -0.15) is 0 Å². The van der Waals surface area contributed by atoms with E-state index < -0.39 is 0 Å². The third kappa shape index (κ3) is 4.93. The van der Waals surface area contributed by atoms with Gasteiger partial charge in [-0.15, -0.1) is 0 Å². The highest BCUT2D eigenvalue weighted by Gasteiger charge is 2.25. The van der Waals surface area contributed by atoms with E-state index in [0.717, 1.165) is 21.3 Å². The monoisotopic (exact) mass is 463 g/mol. The minimum absolute atomic E-state index is 0.0350. The number of anilines is 1. The van der Waals surface area contributed by atoms with Gasteiger partial charge in [-0.05, 0) is 43.2 Å². The summed E-state index contributed by atoms with van der Waals surface area (Å²) in [6.07, 6.45) is 0. The van der Waals surface area contributed by atoms with Crippen LogP contribution in [0.15, 0.2) is 40.9 Å². The van der Waals surface area contributed by atoms with Gasteiger partial charge < -0.3 is 10.2 Å². The number of hydrogen-bond donors (Lipinski definition) is 1. The first kappa shape index (κ1) is 20.8. The van der Waals surface area contributed by atoms with Crippen LogP contribution in [0.2, 0.25) is 5.02 Å². The van der Waals surface area contributed by atoms with Crippen LogP contribution in [0.5, 0.6) is 0 Å². The van der Waals surface area contributed by atoms with Crippen molar-refractivity contribution in [2.75, 3.05) is 38.0 Å². The molecule has 1 heterocycles. The van der Waals surface area contributed by atoms with Crippen molar-refractivity contribution >= 4 is 45.0 Å². The zero-order valence-electron chi connectivity index (χ0n) is 16.0. The number of halogens is 2. The summed E-state index contributed by atoms with van der Waals surface area (Å²) in [6.45, 7) is 6.72. The Morgan fingerprint density at radius 1 is 1.07 bits per heavy atom. The molecule has 2 aromatic rings. The van der Waals surface area contributed by atoms with E-state index in [1.54, 1.807) is 17.0 Å². The predicted molar refractivity (Wildman–Crippen MR) is 116 cm³/mol. The van der Waals surface area contributed by atoms with E-state index in [1.807, 2.05) is 38.1 Å². The lowest BCUT2D eigenvalue weighted by molar-refractivity contribution is -0.117. The number of rotatable bonds is 4. The Morgan fingerprint density at radius 3 is 2.36 bits per heavy atom. The highest BCUT2D eigenvalue weighted by Crippen LogP contribution is 2.23. The van der Waals surface area contributed by atoms with E-state index in [-0.39, 0.29) is 11.8 Å². The summed E-state index contributed by atoms with van der Waals surface area (Å²) in [7, 11) is 0. The first-order valence-electron chi connectivity index (χ1n) is 9.18. The van der Waals surface area contributed by atoms with Gasteiger partial charge in [-0.1, -0.05) is 45.7 Å². The van der Waals surface area contributed by atoms with Crippen molar-refractivity contribution < 1.29 is 9.59 Å². The molecule has 1 saturated heterocycles. The molecule has 0 aliphatic carbocycles. The van der Waals surface area contributed by atoms with Crippen LogP contribution in [0.3, 0.4) is 0 Å². The summed E-state index contributed by atoms with van der Waals surface area (Å²) in [5.41, 5.74) is 3.48. The fourth-order valence-corrected chi connectivity index (χ4v) is 3.89. The predicted octanol–water partition coefficient (Wildman–Crippen LogP) is 4.12. The lowest BCUT2D eigenvalue weighted by Gasteiger charge is -2.34. The first-order valence-corrected chi connectivity index (χ1v) is 10.3. The Balaban J connectivity index is 1.54. The second-order valence-corrected chi connectivity index (χ2v) is 8.33. The number of aryl methyl sites for hydroxylation is 2. The van der Waals surface area contributed by atoms with Crippen molar-refractivity contribution in [2.24, 2.45) is 0 Å². The van der Waals surface area contributed by atoms with Crippen LogP contribution in [-0.4, -0.2) is 54.3 Å². The van der Waals surface area contributed by atoms with Gasteiger partial charge in [0.1, 0.15) is 0 Å². The summed E-state index contributed by atoms with van der Waals surface area (Å²) < 4.78 is 0.821. The van der Waals surface area contributed by atoms with Crippen molar-refractivity contribution in [3.8, 4) is 0 Å². The summed E-state index contributed by atoms with van der Waals surface area (Å²) in [4.78, 5) is 29.0. The van der Waals surface area contributed by atoms with Crippen LogP contribution in [0.25, 0.3) is 0 Å². The van der Waals surface area contributed by atoms with Crippen LogP contribution >= 0.6 is 27.5 Å². The summed E-state index contributed by atoms with van der Waals surface area (Å²) in [5, 5.41) is 3.46. The number of carbonyl (C=O) groups is 2. The van der Waals surface area contributed by atoms with Crippen LogP contribution in [-0.2, 0) is 4.79 Å². The maximum absolute atomic E-state index is 12.7. The number of nitrogens with zero attached hydrogens (tertiary/aromatic N) is 2. The Morgan fingerprint density at radius 2 is 1.71 bits per heavy atom. The maximum Gasteiger partial charge on any atom is 0.255 e. The van der Waals surface area contributed by atoms with Gasteiger partial charge in [0, 0.05) is 36.3 Å². The Labute approximate surface area is 178 Å². The highest BCUT2D eigenvalue weighted by molar-refractivity contribution is 9.10. The highest BCUT2D eigenvalue weighted by atomic mass is 79.9. The minimum atomic E-state index is -0.0778. The third-order valence-electron chi connectivity index (χ3n) is 4.93. The second kappa shape index (κ2) is 9.07. The van der Waals surface area contributed by atoms with E-state index in [9.17, 15) is 9.59 Å². The van der Waals surface area contributed by atoms with Gasteiger partial charge in [0.2, 0.25) is 5.91 Å². The average molecular weight is 465 g/mol. The molecular formula is C21H23BrClN3O2. The number of nitrogens with one attached hydrogen (secondary N) is 1. The van der Waals surface area contributed by atoms with E-state index in [2.05, 4.69) is 26.1 Å². The Bertz CT molecular complexity index is 875. The van der Waals surface area contributed by atoms with Crippen LogP contribution in [0.1, 0.15) is 21.5 Å². The molecule has 1 aliphatic heterocycles. The van der Waals surface area contributed by atoms with Crippen molar-refractivity contribution in [1.29, 1.82) is 0 Å². The molecule has 0 saturated carbocycles. The lowest BCUT2D eigenvalue weighted by Crippen LogP contribution is -2.50. The van der Waals surface area contributed by atoms with E-state index in [0.29, 0.717) is 43.3 Å². The fraction of sp³-hybridized carbons (Fsp3) is 0.333. The topological polar surface area (TPSA) is 52.7 Å². The molecule has 0 unspecified atom stereocenters. The zero-order valence-corrected chi connectivity index (χ0v) is 18.3. The minimum Gasteiger partial charge on any atom is -0.336 e.